The van der Waals surface area contributed by atoms with Crippen LogP contribution in [-0.2, 0) is 6.42 Å². The van der Waals surface area contributed by atoms with Crippen LogP contribution in [0, 0.1) is 0 Å². The van der Waals surface area contributed by atoms with Crippen LogP contribution < -0.4 is 5.32 Å². The zero-order chi connectivity index (χ0) is 12.1. The molecule has 0 aliphatic heterocycles. The average Bonchev–Trinajstić information content (AvgIpc) is 2.83. The van der Waals surface area contributed by atoms with Gasteiger partial charge in [0.25, 0.3) is 0 Å². The van der Waals surface area contributed by atoms with Crippen LogP contribution in [0.5, 0.6) is 0 Å². The van der Waals surface area contributed by atoms with Gasteiger partial charge in [0.2, 0.25) is 0 Å². The normalized spacial score (nSPS) is 12.6. The Labute approximate surface area is 111 Å². The average molecular weight is 266 g/mol. The third-order valence-electron chi connectivity index (χ3n) is 2.77. The molecule has 90 valence electrons. The third-order valence-corrected chi connectivity index (χ3v) is 3.96. The molecule has 1 atom stereocenters. The number of benzene rings is 1. The number of halogens is 1. The maximum absolute atomic E-state index is 5.87. The molecule has 1 heterocycles. The first kappa shape index (κ1) is 12.6. The van der Waals surface area contributed by atoms with E-state index in [1.807, 2.05) is 23.5 Å². The Morgan fingerprint density at radius 2 is 2.00 bits per heavy atom. The predicted molar refractivity (Wildman–Crippen MR) is 75.9 cm³/mol. The Balaban J connectivity index is 1.81. The highest BCUT2D eigenvalue weighted by molar-refractivity contribution is 7.09. The van der Waals surface area contributed by atoms with Gasteiger partial charge in [-0.05, 0) is 42.5 Å². The molecule has 2 aromatic rings. The summed E-state index contributed by atoms with van der Waals surface area (Å²) in [5, 5.41) is 6.43. The maximum atomic E-state index is 5.87. The van der Waals surface area contributed by atoms with Gasteiger partial charge in [-0.2, -0.15) is 0 Å². The molecular weight excluding hydrogens is 250 g/mol. The number of hydrogen-bond donors (Lipinski definition) is 1. The summed E-state index contributed by atoms with van der Waals surface area (Å²) in [6.45, 7) is 3.18. The summed E-state index contributed by atoms with van der Waals surface area (Å²) in [5.74, 6) is 0. The van der Waals surface area contributed by atoms with Crippen molar-refractivity contribution in [3.63, 3.8) is 0 Å². The summed E-state index contributed by atoms with van der Waals surface area (Å²) in [4.78, 5) is 1.43. The second-order valence-corrected chi connectivity index (χ2v) is 5.53. The monoisotopic (exact) mass is 265 g/mol. The first-order valence-electron chi connectivity index (χ1n) is 5.77. The molecule has 2 rings (SSSR count). The van der Waals surface area contributed by atoms with Crippen LogP contribution in [0.4, 0.5) is 0 Å². The molecule has 0 unspecified atom stereocenters. The second-order valence-electron chi connectivity index (χ2n) is 4.06. The van der Waals surface area contributed by atoms with Crippen LogP contribution >= 0.6 is 22.9 Å². The van der Waals surface area contributed by atoms with Crippen LogP contribution in [-0.4, -0.2) is 6.54 Å². The molecule has 0 radical (unpaired) electrons. The highest BCUT2D eigenvalue weighted by Gasteiger charge is 2.04. The summed E-state index contributed by atoms with van der Waals surface area (Å²) in [5.41, 5.74) is 1.28. The standard InChI is InChI=1S/C14H16ClNS/c1-11(12-4-6-13(15)7-5-12)16-9-8-14-3-2-10-17-14/h2-7,10-11,16H,8-9H2,1H3/t11-/m0/s1. The van der Waals surface area contributed by atoms with Crippen molar-refractivity contribution in [2.75, 3.05) is 6.54 Å². The number of rotatable bonds is 5. The fraction of sp³-hybridized carbons (Fsp3) is 0.286. The van der Waals surface area contributed by atoms with Gasteiger partial charge in [0.05, 0.1) is 0 Å². The Hall–Kier alpha value is -0.830. The molecule has 1 aromatic carbocycles. The van der Waals surface area contributed by atoms with Crippen LogP contribution in [0.3, 0.4) is 0 Å². The van der Waals surface area contributed by atoms with Crippen molar-refractivity contribution < 1.29 is 0 Å². The van der Waals surface area contributed by atoms with E-state index in [0.717, 1.165) is 18.0 Å². The SMILES string of the molecule is C[C@H](NCCc1cccs1)c1ccc(Cl)cc1. The molecular formula is C14H16ClNS. The van der Waals surface area contributed by atoms with Gasteiger partial charge in [0.15, 0.2) is 0 Å². The van der Waals surface area contributed by atoms with Gasteiger partial charge in [-0.15, -0.1) is 11.3 Å². The van der Waals surface area contributed by atoms with Crippen molar-refractivity contribution in [3.05, 3.63) is 57.2 Å². The van der Waals surface area contributed by atoms with Crippen molar-refractivity contribution in [2.24, 2.45) is 0 Å². The lowest BCUT2D eigenvalue weighted by atomic mass is 10.1. The minimum atomic E-state index is 0.368. The van der Waals surface area contributed by atoms with Crippen molar-refractivity contribution >= 4 is 22.9 Å². The summed E-state index contributed by atoms with van der Waals surface area (Å²) in [6, 6.07) is 12.7. The first-order chi connectivity index (χ1) is 8.25. The minimum absolute atomic E-state index is 0.368. The zero-order valence-corrected chi connectivity index (χ0v) is 11.4. The van der Waals surface area contributed by atoms with Gasteiger partial charge in [-0.1, -0.05) is 29.8 Å². The Morgan fingerprint density at radius 1 is 1.24 bits per heavy atom. The summed E-state index contributed by atoms with van der Waals surface area (Å²) in [6.07, 6.45) is 1.09. The molecule has 0 aliphatic carbocycles. The smallest absolute Gasteiger partial charge is 0.0406 e. The lowest BCUT2D eigenvalue weighted by molar-refractivity contribution is 0.578. The van der Waals surface area contributed by atoms with Gasteiger partial charge in [0.1, 0.15) is 0 Å². The molecule has 3 heteroatoms. The first-order valence-corrected chi connectivity index (χ1v) is 7.02. The summed E-state index contributed by atoms with van der Waals surface area (Å²) >= 11 is 7.68. The predicted octanol–water partition coefficient (Wildman–Crippen LogP) is 4.29. The minimum Gasteiger partial charge on any atom is -0.310 e. The van der Waals surface area contributed by atoms with E-state index in [2.05, 4.69) is 41.9 Å². The van der Waals surface area contributed by atoms with E-state index in [9.17, 15) is 0 Å². The quantitative estimate of drug-likeness (QED) is 0.850. The molecule has 0 bridgehead atoms. The van der Waals surface area contributed by atoms with Crippen LogP contribution in [0.25, 0.3) is 0 Å². The molecule has 1 aromatic heterocycles. The Morgan fingerprint density at radius 3 is 2.65 bits per heavy atom. The second kappa shape index (κ2) is 6.20. The lowest BCUT2D eigenvalue weighted by Crippen LogP contribution is -2.21. The highest BCUT2D eigenvalue weighted by Crippen LogP contribution is 2.16. The van der Waals surface area contributed by atoms with Gasteiger partial charge in [-0.25, -0.2) is 0 Å². The van der Waals surface area contributed by atoms with Crippen molar-refractivity contribution in [1.29, 1.82) is 0 Å². The number of thiophene rings is 1. The van der Waals surface area contributed by atoms with E-state index < -0.39 is 0 Å². The van der Waals surface area contributed by atoms with Gasteiger partial charge in [0, 0.05) is 22.5 Å². The lowest BCUT2D eigenvalue weighted by Gasteiger charge is -2.13. The summed E-state index contributed by atoms with van der Waals surface area (Å²) in [7, 11) is 0. The number of nitrogens with one attached hydrogen (secondary N) is 1. The fourth-order valence-corrected chi connectivity index (χ4v) is 2.57. The van der Waals surface area contributed by atoms with E-state index in [1.54, 1.807) is 0 Å². The van der Waals surface area contributed by atoms with Crippen LogP contribution in [0.2, 0.25) is 5.02 Å². The van der Waals surface area contributed by atoms with E-state index in [1.165, 1.54) is 10.4 Å². The van der Waals surface area contributed by atoms with Crippen molar-refractivity contribution in [1.82, 2.24) is 5.32 Å². The van der Waals surface area contributed by atoms with E-state index >= 15 is 0 Å². The maximum Gasteiger partial charge on any atom is 0.0406 e. The molecule has 17 heavy (non-hydrogen) atoms. The molecule has 0 aliphatic rings. The molecule has 0 saturated heterocycles. The Bertz CT molecular complexity index is 436. The summed E-state index contributed by atoms with van der Waals surface area (Å²) < 4.78 is 0. The molecule has 0 amide bonds. The van der Waals surface area contributed by atoms with Crippen molar-refractivity contribution in [3.8, 4) is 0 Å². The van der Waals surface area contributed by atoms with Gasteiger partial charge < -0.3 is 5.32 Å². The zero-order valence-electron chi connectivity index (χ0n) is 9.82. The van der Waals surface area contributed by atoms with E-state index in [-0.39, 0.29) is 0 Å². The number of hydrogen-bond acceptors (Lipinski definition) is 2. The Kier molecular flexibility index (Phi) is 4.60. The van der Waals surface area contributed by atoms with Gasteiger partial charge >= 0.3 is 0 Å². The third kappa shape index (κ3) is 3.84. The molecule has 0 fully saturated rings. The van der Waals surface area contributed by atoms with Crippen LogP contribution in [0.15, 0.2) is 41.8 Å². The van der Waals surface area contributed by atoms with Crippen molar-refractivity contribution in [2.45, 2.75) is 19.4 Å². The van der Waals surface area contributed by atoms with Gasteiger partial charge in [-0.3, -0.25) is 0 Å². The molecule has 0 spiro atoms. The highest BCUT2D eigenvalue weighted by atomic mass is 35.5. The molecule has 0 saturated carbocycles. The topological polar surface area (TPSA) is 12.0 Å². The molecule has 1 nitrogen and oxygen atoms in total. The van der Waals surface area contributed by atoms with E-state index in [4.69, 9.17) is 11.6 Å². The fourth-order valence-electron chi connectivity index (χ4n) is 1.74. The van der Waals surface area contributed by atoms with E-state index in [0.29, 0.717) is 6.04 Å². The largest absolute Gasteiger partial charge is 0.310 e. The molecule has 1 N–H and O–H groups in total. The van der Waals surface area contributed by atoms with Crippen LogP contribution in [0.1, 0.15) is 23.4 Å².